The van der Waals surface area contributed by atoms with Crippen molar-refractivity contribution in [2.45, 2.75) is 38.4 Å². The predicted molar refractivity (Wildman–Crippen MR) is 84.2 cm³/mol. The summed E-state index contributed by atoms with van der Waals surface area (Å²) in [6.07, 6.45) is -1.95. The van der Waals surface area contributed by atoms with Gasteiger partial charge in [0.1, 0.15) is 11.7 Å². The molecule has 3 unspecified atom stereocenters. The van der Waals surface area contributed by atoms with Gasteiger partial charge in [0.2, 0.25) is 5.79 Å². The second kappa shape index (κ2) is 5.26. The number of fused-ring (bicyclic) bond motifs is 1. The molecule has 1 aromatic carbocycles. The lowest BCUT2D eigenvalue weighted by Gasteiger charge is -2.47. The zero-order valence-electron chi connectivity index (χ0n) is 13.6. The molecule has 128 valence electrons. The fourth-order valence-electron chi connectivity index (χ4n) is 3.29. The first-order valence-electron chi connectivity index (χ1n) is 7.65. The fourth-order valence-corrected chi connectivity index (χ4v) is 3.29. The number of aliphatic hydroxyl groups is 4. The Kier molecular flexibility index (Phi) is 3.69. The highest BCUT2D eigenvalue weighted by Gasteiger charge is 2.60. The molecular weight excluding hydrogens is 312 g/mol. The molecule has 1 aliphatic carbocycles. The van der Waals surface area contributed by atoms with E-state index in [-0.39, 0.29) is 16.9 Å². The number of ether oxygens (including phenoxy) is 1. The van der Waals surface area contributed by atoms with Crippen molar-refractivity contribution in [3.8, 4) is 0 Å². The molecule has 3 atom stereocenters. The Balaban J connectivity index is 2.20. The van der Waals surface area contributed by atoms with Crippen molar-refractivity contribution in [3.63, 3.8) is 0 Å². The summed E-state index contributed by atoms with van der Waals surface area (Å²) in [6.45, 7) is 4.86. The molecule has 24 heavy (non-hydrogen) atoms. The van der Waals surface area contributed by atoms with E-state index in [1.165, 1.54) is 19.1 Å². The molecule has 3 rings (SSSR count). The Morgan fingerprint density at radius 2 is 1.58 bits per heavy atom. The minimum Gasteiger partial charge on any atom is -0.458 e. The summed E-state index contributed by atoms with van der Waals surface area (Å²) in [4.78, 5) is 12.7. The average molecular weight is 332 g/mol. The second-order valence-corrected chi connectivity index (χ2v) is 6.37. The van der Waals surface area contributed by atoms with Crippen LogP contribution in [0.15, 0.2) is 52.8 Å². The molecule has 1 heterocycles. The summed E-state index contributed by atoms with van der Waals surface area (Å²) in [7, 11) is 0. The number of carbonyl (C=O) groups excluding carboxylic acids is 1. The molecule has 0 spiro atoms. The van der Waals surface area contributed by atoms with Crippen molar-refractivity contribution in [1.29, 1.82) is 0 Å². The van der Waals surface area contributed by atoms with Crippen molar-refractivity contribution in [2.24, 2.45) is 5.92 Å². The van der Waals surface area contributed by atoms with Crippen molar-refractivity contribution < 1.29 is 30.0 Å². The number of hydrogen-bond donors (Lipinski definition) is 4. The van der Waals surface area contributed by atoms with Crippen molar-refractivity contribution in [1.82, 2.24) is 0 Å². The lowest BCUT2D eigenvalue weighted by molar-refractivity contribution is -0.278. The first kappa shape index (κ1) is 16.9. The number of benzene rings is 1. The summed E-state index contributed by atoms with van der Waals surface area (Å²) < 4.78 is 5.62. The van der Waals surface area contributed by atoms with E-state index in [1.54, 1.807) is 32.0 Å². The molecule has 1 saturated heterocycles. The van der Waals surface area contributed by atoms with Crippen LogP contribution in [0.3, 0.4) is 0 Å². The SMILES string of the molecule is CC1=C2OC(O)(c3ccccc3)C(O)C(=O)C2C(O)(O)C(C)=C1C. The highest BCUT2D eigenvalue weighted by Crippen LogP contribution is 2.48. The van der Waals surface area contributed by atoms with E-state index >= 15 is 0 Å². The number of aliphatic hydroxyl groups excluding tert-OH is 1. The third-order valence-corrected chi connectivity index (χ3v) is 5.09. The van der Waals surface area contributed by atoms with E-state index in [9.17, 15) is 25.2 Å². The average Bonchev–Trinajstić information content (AvgIpc) is 2.56. The smallest absolute Gasteiger partial charge is 0.267 e. The zero-order valence-corrected chi connectivity index (χ0v) is 13.6. The van der Waals surface area contributed by atoms with Crippen LogP contribution in [-0.2, 0) is 15.3 Å². The molecule has 1 aromatic rings. The van der Waals surface area contributed by atoms with Crippen LogP contribution in [0.4, 0.5) is 0 Å². The van der Waals surface area contributed by atoms with E-state index in [2.05, 4.69) is 0 Å². The first-order valence-corrected chi connectivity index (χ1v) is 7.65. The van der Waals surface area contributed by atoms with Crippen LogP contribution in [0.1, 0.15) is 26.3 Å². The van der Waals surface area contributed by atoms with E-state index in [0.29, 0.717) is 11.1 Å². The molecule has 2 aliphatic rings. The molecule has 0 radical (unpaired) electrons. The van der Waals surface area contributed by atoms with Gasteiger partial charge in [-0.3, -0.25) is 4.79 Å². The Hall–Kier alpha value is -1.99. The molecule has 6 nitrogen and oxygen atoms in total. The van der Waals surface area contributed by atoms with Crippen LogP contribution in [-0.4, -0.2) is 38.1 Å². The highest BCUT2D eigenvalue weighted by molar-refractivity contribution is 5.91. The van der Waals surface area contributed by atoms with Gasteiger partial charge in [-0.15, -0.1) is 0 Å². The monoisotopic (exact) mass is 332 g/mol. The number of rotatable bonds is 1. The molecule has 6 heteroatoms. The number of carbonyl (C=O) groups is 1. The van der Waals surface area contributed by atoms with Crippen molar-refractivity contribution in [3.05, 3.63) is 58.4 Å². The molecule has 1 aliphatic heterocycles. The Labute approximate surface area is 139 Å². The van der Waals surface area contributed by atoms with Crippen LogP contribution in [0, 0.1) is 5.92 Å². The van der Waals surface area contributed by atoms with Gasteiger partial charge in [-0.1, -0.05) is 30.3 Å². The lowest BCUT2D eigenvalue weighted by atomic mass is 9.73. The van der Waals surface area contributed by atoms with Gasteiger partial charge >= 0.3 is 0 Å². The minimum atomic E-state index is -2.48. The highest BCUT2D eigenvalue weighted by atomic mass is 16.6. The quantitative estimate of drug-likeness (QED) is 0.564. The first-order chi connectivity index (χ1) is 11.1. The maximum absolute atomic E-state index is 12.7. The van der Waals surface area contributed by atoms with Gasteiger partial charge in [0.25, 0.3) is 5.79 Å². The lowest BCUT2D eigenvalue weighted by Crippen LogP contribution is -2.60. The van der Waals surface area contributed by atoms with Gasteiger partial charge in [0, 0.05) is 5.56 Å². The summed E-state index contributed by atoms with van der Waals surface area (Å²) in [5, 5.41) is 42.1. The number of allylic oxidation sites excluding steroid dienone is 2. The van der Waals surface area contributed by atoms with Crippen molar-refractivity contribution >= 4 is 5.78 Å². The molecule has 4 N–H and O–H groups in total. The maximum Gasteiger partial charge on any atom is 0.267 e. The topological polar surface area (TPSA) is 107 Å². The maximum atomic E-state index is 12.7. The summed E-state index contributed by atoms with van der Waals surface area (Å²) >= 11 is 0. The van der Waals surface area contributed by atoms with Crippen LogP contribution in [0.25, 0.3) is 0 Å². The van der Waals surface area contributed by atoms with Crippen molar-refractivity contribution in [2.75, 3.05) is 0 Å². The van der Waals surface area contributed by atoms with Gasteiger partial charge in [-0.05, 0) is 37.5 Å². The van der Waals surface area contributed by atoms with E-state index in [4.69, 9.17) is 4.74 Å². The fraction of sp³-hybridized carbons (Fsp3) is 0.389. The molecule has 0 saturated carbocycles. The number of Topliss-reactive ketones (excluding diaryl/α,β-unsaturated/α-hetero) is 1. The third-order valence-electron chi connectivity index (χ3n) is 5.09. The standard InChI is InChI=1S/C18H20O6/c1-9-10(2)15-13(17(21,22)11(9)3)14(19)16(20)18(23,24-15)12-7-5-4-6-8-12/h4-8,13,16,20-23H,1-3H3. The molecular formula is C18H20O6. The largest absolute Gasteiger partial charge is 0.458 e. The van der Waals surface area contributed by atoms with Crippen LogP contribution < -0.4 is 0 Å². The molecule has 0 aromatic heterocycles. The molecule has 1 fully saturated rings. The third kappa shape index (κ3) is 2.08. The van der Waals surface area contributed by atoms with Gasteiger partial charge in [-0.2, -0.15) is 0 Å². The van der Waals surface area contributed by atoms with E-state index in [1.807, 2.05) is 0 Å². The number of ketones is 1. The number of hydrogen-bond acceptors (Lipinski definition) is 6. The van der Waals surface area contributed by atoms with Crippen LogP contribution in [0.5, 0.6) is 0 Å². The van der Waals surface area contributed by atoms with Gasteiger partial charge < -0.3 is 25.2 Å². The zero-order chi connectivity index (χ0) is 17.9. The predicted octanol–water partition coefficient (Wildman–Crippen LogP) is 0.713. The summed E-state index contributed by atoms with van der Waals surface area (Å²) in [5.74, 6) is -7.19. The Morgan fingerprint density at radius 1 is 1.00 bits per heavy atom. The Morgan fingerprint density at radius 3 is 2.17 bits per heavy atom. The van der Waals surface area contributed by atoms with Gasteiger partial charge in [0.05, 0.1) is 0 Å². The van der Waals surface area contributed by atoms with Crippen LogP contribution >= 0.6 is 0 Å². The molecule has 0 bridgehead atoms. The van der Waals surface area contributed by atoms with Gasteiger partial charge in [-0.25, -0.2) is 0 Å². The second-order valence-electron chi connectivity index (χ2n) is 6.37. The van der Waals surface area contributed by atoms with Crippen LogP contribution in [0.2, 0.25) is 0 Å². The van der Waals surface area contributed by atoms with Gasteiger partial charge in [0.15, 0.2) is 11.9 Å². The molecule has 0 amide bonds. The normalized spacial score (nSPS) is 32.5. The summed E-state index contributed by atoms with van der Waals surface area (Å²) in [5.41, 5.74) is 1.51. The summed E-state index contributed by atoms with van der Waals surface area (Å²) in [6, 6.07) is 8.04. The van der Waals surface area contributed by atoms with E-state index < -0.39 is 29.4 Å². The van der Waals surface area contributed by atoms with E-state index in [0.717, 1.165) is 0 Å². The minimum absolute atomic E-state index is 0.0373. The Bertz CT molecular complexity index is 761.